The van der Waals surface area contributed by atoms with Gasteiger partial charge in [0.05, 0.1) is 6.10 Å². The zero-order chi connectivity index (χ0) is 11.3. The van der Waals surface area contributed by atoms with Crippen molar-refractivity contribution in [3.63, 3.8) is 0 Å². The van der Waals surface area contributed by atoms with Gasteiger partial charge >= 0.3 is 0 Å². The largest absolute Gasteiger partial charge is 0.389 e. The highest BCUT2D eigenvalue weighted by atomic mass is 16.3. The van der Waals surface area contributed by atoms with E-state index in [1.165, 1.54) is 6.42 Å². The Hall–Kier alpha value is -1.09. The maximum absolute atomic E-state index is 9.61. The van der Waals surface area contributed by atoms with E-state index in [4.69, 9.17) is 0 Å². The van der Waals surface area contributed by atoms with E-state index in [-0.39, 0.29) is 0 Å². The Morgan fingerprint density at radius 2 is 2.27 bits per heavy atom. The lowest BCUT2D eigenvalue weighted by Gasteiger charge is -2.21. The summed E-state index contributed by atoms with van der Waals surface area (Å²) in [6.07, 6.45) is 3.62. The molecule has 1 atom stereocenters. The second kappa shape index (κ2) is 5.71. The Morgan fingerprint density at radius 3 is 2.87 bits per heavy atom. The molecule has 1 N–H and O–H groups in total. The average molecular weight is 208 g/mol. The molecule has 0 bridgehead atoms. The first kappa shape index (κ1) is 12.0. The smallest absolute Gasteiger partial charge is 0.134 e. The van der Waals surface area contributed by atoms with Crippen LogP contribution in [-0.4, -0.2) is 23.7 Å². The molecule has 0 aromatic carbocycles. The minimum Gasteiger partial charge on any atom is -0.389 e. The number of anilines is 1. The van der Waals surface area contributed by atoms with Crippen LogP contribution in [0.3, 0.4) is 0 Å². The van der Waals surface area contributed by atoms with Gasteiger partial charge in [-0.15, -0.1) is 0 Å². The first-order chi connectivity index (χ1) is 7.16. The fourth-order valence-electron chi connectivity index (χ4n) is 1.56. The molecular formula is C12H20N2O. The molecule has 0 fully saturated rings. The third-order valence-corrected chi connectivity index (χ3v) is 2.48. The SMILES string of the molecule is CCCCN(C)c1ncccc1[C@H](C)O. The summed E-state index contributed by atoms with van der Waals surface area (Å²) in [7, 11) is 2.02. The van der Waals surface area contributed by atoms with E-state index >= 15 is 0 Å². The summed E-state index contributed by atoms with van der Waals surface area (Å²) < 4.78 is 0. The summed E-state index contributed by atoms with van der Waals surface area (Å²) in [5.41, 5.74) is 0.899. The zero-order valence-corrected chi connectivity index (χ0v) is 9.77. The molecule has 0 unspecified atom stereocenters. The number of pyridine rings is 1. The molecule has 0 aliphatic rings. The van der Waals surface area contributed by atoms with Crippen molar-refractivity contribution >= 4 is 5.82 Å². The van der Waals surface area contributed by atoms with Crippen LogP contribution < -0.4 is 4.90 Å². The van der Waals surface area contributed by atoms with Gasteiger partial charge in [0.15, 0.2) is 0 Å². The summed E-state index contributed by atoms with van der Waals surface area (Å²) in [4.78, 5) is 6.42. The number of aliphatic hydroxyl groups excluding tert-OH is 1. The maximum Gasteiger partial charge on any atom is 0.134 e. The Labute approximate surface area is 91.8 Å². The van der Waals surface area contributed by atoms with Crippen LogP contribution in [0.15, 0.2) is 18.3 Å². The molecule has 0 saturated heterocycles. The van der Waals surface area contributed by atoms with Crippen LogP contribution >= 0.6 is 0 Å². The molecule has 1 aromatic heterocycles. The van der Waals surface area contributed by atoms with Crippen LogP contribution in [0.2, 0.25) is 0 Å². The molecule has 0 aliphatic carbocycles. The summed E-state index contributed by atoms with van der Waals surface area (Å²) in [5.74, 6) is 0.890. The van der Waals surface area contributed by atoms with Crippen LogP contribution in [0, 0.1) is 0 Å². The van der Waals surface area contributed by atoms with Crippen LogP contribution in [0.1, 0.15) is 38.4 Å². The highest BCUT2D eigenvalue weighted by Gasteiger charge is 2.11. The number of hydrogen-bond acceptors (Lipinski definition) is 3. The van der Waals surface area contributed by atoms with E-state index in [2.05, 4.69) is 16.8 Å². The lowest BCUT2D eigenvalue weighted by molar-refractivity contribution is 0.199. The first-order valence-electron chi connectivity index (χ1n) is 5.51. The van der Waals surface area contributed by atoms with E-state index in [1.54, 1.807) is 13.1 Å². The predicted octanol–water partition coefficient (Wildman–Crippen LogP) is 2.37. The lowest BCUT2D eigenvalue weighted by Crippen LogP contribution is -2.21. The highest BCUT2D eigenvalue weighted by Crippen LogP contribution is 2.22. The van der Waals surface area contributed by atoms with Crippen LogP contribution in [-0.2, 0) is 0 Å². The van der Waals surface area contributed by atoms with Gasteiger partial charge in [0.25, 0.3) is 0 Å². The lowest BCUT2D eigenvalue weighted by atomic mass is 10.1. The molecule has 0 amide bonds. The monoisotopic (exact) mass is 208 g/mol. The molecule has 0 saturated carbocycles. The van der Waals surface area contributed by atoms with E-state index in [0.29, 0.717) is 0 Å². The maximum atomic E-state index is 9.61. The minimum absolute atomic E-state index is 0.460. The van der Waals surface area contributed by atoms with Crippen molar-refractivity contribution in [2.45, 2.75) is 32.8 Å². The quantitative estimate of drug-likeness (QED) is 0.807. The number of unbranched alkanes of at least 4 members (excludes halogenated alkanes) is 1. The van der Waals surface area contributed by atoms with Crippen molar-refractivity contribution in [2.75, 3.05) is 18.5 Å². The van der Waals surface area contributed by atoms with Gasteiger partial charge in [0, 0.05) is 25.4 Å². The van der Waals surface area contributed by atoms with Gasteiger partial charge < -0.3 is 10.0 Å². The Kier molecular flexibility index (Phi) is 4.56. The van der Waals surface area contributed by atoms with Crippen molar-refractivity contribution in [1.29, 1.82) is 0 Å². The molecule has 3 heteroatoms. The first-order valence-corrected chi connectivity index (χ1v) is 5.51. The third kappa shape index (κ3) is 3.20. The summed E-state index contributed by atoms with van der Waals surface area (Å²) in [6, 6.07) is 3.79. The Morgan fingerprint density at radius 1 is 1.53 bits per heavy atom. The topological polar surface area (TPSA) is 36.4 Å². The van der Waals surface area contributed by atoms with E-state index in [0.717, 1.165) is 24.3 Å². The van der Waals surface area contributed by atoms with E-state index in [9.17, 15) is 5.11 Å². The zero-order valence-electron chi connectivity index (χ0n) is 9.77. The van der Waals surface area contributed by atoms with Gasteiger partial charge in [-0.3, -0.25) is 0 Å². The van der Waals surface area contributed by atoms with Gasteiger partial charge in [-0.05, 0) is 19.4 Å². The fourth-order valence-corrected chi connectivity index (χ4v) is 1.56. The van der Waals surface area contributed by atoms with Crippen LogP contribution in [0.5, 0.6) is 0 Å². The number of nitrogens with zero attached hydrogens (tertiary/aromatic N) is 2. The molecule has 0 radical (unpaired) electrons. The Balaban J connectivity index is 2.82. The third-order valence-electron chi connectivity index (χ3n) is 2.48. The molecule has 3 nitrogen and oxygen atoms in total. The molecule has 84 valence electrons. The number of rotatable bonds is 5. The van der Waals surface area contributed by atoms with Gasteiger partial charge in [0.2, 0.25) is 0 Å². The molecule has 1 aromatic rings. The van der Waals surface area contributed by atoms with Crippen LogP contribution in [0.25, 0.3) is 0 Å². The fraction of sp³-hybridized carbons (Fsp3) is 0.583. The second-order valence-electron chi connectivity index (χ2n) is 3.87. The second-order valence-corrected chi connectivity index (χ2v) is 3.87. The molecule has 0 spiro atoms. The van der Waals surface area contributed by atoms with Gasteiger partial charge in [-0.1, -0.05) is 19.4 Å². The summed E-state index contributed by atoms with van der Waals surface area (Å²) in [6.45, 7) is 4.92. The molecular weight excluding hydrogens is 188 g/mol. The molecule has 1 heterocycles. The van der Waals surface area contributed by atoms with Crippen molar-refractivity contribution in [2.24, 2.45) is 0 Å². The standard InChI is InChI=1S/C12H20N2O/c1-4-5-9-14(3)12-11(10(2)15)7-6-8-13-12/h6-8,10,15H,4-5,9H2,1-3H3/t10-/m0/s1. The van der Waals surface area contributed by atoms with Gasteiger partial charge in [0.1, 0.15) is 5.82 Å². The van der Waals surface area contributed by atoms with Gasteiger partial charge in [-0.25, -0.2) is 4.98 Å². The van der Waals surface area contributed by atoms with E-state index in [1.807, 2.05) is 19.2 Å². The van der Waals surface area contributed by atoms with Crippen molar-refractivity contribution < 1.29 is 5.11 Å². The van der Waals surface area contributed by atoms with Gasteiger partial charge in [-0.2, -0.15) is 0 Å². The predicted molar refractivity (Wildman–Crippen MR) is 63.0 cm³/mol. The molecule has 1 rings (SSSR count). The van der Waals surface area contributed by atoms with E-state index < -0.39 is 6.10 Å². The van der Waals surface area contributed by atoms with Crippen molar-refractivity contribution in [3.8, 4) is 0 Å². The average Bonchev–Trinajstić information content (AvgIpc) is 2.25. The molecule has 15 heavy (non-hydrogen) atoms. The number of aliphatic hydroxyl groups is 1. The molecule has 0 aliphatic heterocycles. The Bertz CT molecular complexity index is 299. The number of aromatic nitrogens is 1. The summed E-state index contributed by atoms with van der Waals surface area (Å²) >= 11 is 0. The van der Waals surface area contributed by atoms with Crippen molar-refractivity contribution in [1.82, 2.24) is 4.98 Å². The summed E-state index contributed by atoms with van der Waals surface area (Å²) in [5, 5.41) is 9.61. The highest BCUT2D eigenvalue weighted by molar-refractivity contribution is 5.46. The number of hydrogen-bond donors (Lipinski definition) is 1. The minimum atomic E-state index is -0.460. The van der Waals surface area contributed by atoms with Crippen molar-refractivity contribution in [3.05, 3.63) is 23.9 Å². The van der Waals surface area contributed by atoms with Crippen LogP contribution in [0.4, 0.5) is 5.82 Å². The normalized spacial score (nSPS) is 12.5.